The Morgan fingerprint density at radius 3 is 2.65 bits per heavy atom. The van der Waals surface area contributed by atoms with E-state index in [0.717, 1.165) is 43.7 Å². The first-order chi connectivity index (χ1) is 18.0. The van der Waals surface area contributed by atoms with Crippen molar-refractivity contribution in [2.24, 2.45) is 5.73 Å². The highest BCUT2D eigenvalue weighted by atomic mass is 16.4. The third kappa shape index (κ3) is 4.67. The topological polar surface area (TPSA) is 137 Å². The molecule has 2 aromatic heterocycles. The molecule has 0 aliphatic carbocycles. The minimum Gasteiger partial charge on any atom is -0.478 e. The summed E-state index contributed by atoms with van der Waals surface area (Å²) in [4.78, 5) is 37.7. The molecule has 10 heteroatoms. The fourth-order valence-corrected chi connectivity index (χ4v) is 5.36. The van der Waals surface area contributed by atoms with Crippen LogP contribution in [0.4, 0.5) is 17.2 Å². The third-order valence-corrected chi connectivity index (χ3v) is 6.99. The first kappa shape index (κ1) is 24.5. The molecule has 0 saturated carbocycles. The van der Waals surface area contributed by atoms with Crippen LogP contribution in [0.3, 0.4) is 0 Å². The Labute approximate surface area is 215 Å². The molecule has 4 heterocycles. The molecule has 2 aliphatic heterocycles. The van der Waals surface area contributed by atoms with Gasteiger partial charge in [-0.05, 0) is 49.2 Å². The number of carbonyl (C=O) groups is 2. The lowest BCUT2D eigenvalue weighted by Gasteiger charge is -2.34. The molecule has 1 saturated heterocycles. The second-order valence-corrected chi connectivity index (χ2v) is 9.34. The molecule has 0 radical (unpaired) electrons. The molecule has 1 aromatic carbocycles. The van der Waals surface area contributed by atoms with Crippen molar-refractivity contribution in [1.29, 1.82) is 0 Å². The molecule has 0 spiro atoms. The molecule has 5 rings (SSSR count). The SMILES string of the molecule is CCCN(c1ccc(C2Nc3nccc(C(=O)O)c3N2C(C(N)=O)c2cccnc2)cc1)C1CCNC1. The fourth-order valence-electron chi connectivity index (χ4n) is 5.36. The monoisotopic (exact) mass is 501 g/mol. The van der Waals surface area contributed by atoms with E-state index >= 15 is 0 Å². The highest BCUT2D eigenvalue weighted by Crippen LogP contribution is 2.47. The van der Waals surface area contributed by atoms with E-state index in [9.17, 15) is 14.7 Å². The largest absolute Gasteiger partial charge is 0.478 e. The Bertz CT molecular complexity index is 1260. The maximum absolute atomic E-state index is 12.9. The van der Waals surface area contributed by atoms with Crippen molar-refractivity contribution in [2.45, 2.75) is 38.0 Å². The summed E-state index contributed by atoms with van der Waals surface area (Å²) in [6.07, 6.45) is 6.20. The van der Waals surface area contributed by atoms with E-state index in [2.05, 4.69) is 44.6 Å². The van der Waals surface area contributed by atoms with Crippen LogP contribution in [0.1, 0.15) is 53.5 Å². The number of carboxylic acids is 1. The van der Waals surface area contributed by atoms with Crippen LogP contribution in [-0.4, -0.2) is 52.6 Å². The van der Waals surface area contributed by atoms with E-state index in [-0.39, 0.29) is 5.56 Å². The van der Waals surface area contributed by atoms with Crippen molar-refractivity contribution in [2.75, 3.05) is 34.8 Å². The first-order valence-electron chi connectivity index (χ1n) is 12.5. The number of benzene rings is 1. The summed E-state index contributed by atoms with van der Waals surface area (Å²) in [6.45, 7) is 5.12. The van der Waals surface area contributed by atoms with Gasteiger partial charge in [0.2, 0.25) is 5.91 Å². The molecular formula is C27H31N7O3. The number of fused-ring (bicyclic) bond motifs is 1. The average Bonchev–Trinajstić information content (AvgIpc) is 3.57. The summed E-state index contributed by atoms with van der Waals surface area (Å²) >= 11 is 0. The Morgan fingerprint density at radius 2 is 2.03 bits per heavy atom. The second kappa shape index (κ2) is 10.4. The number of carbonyl (C=O) groups excluding carboxylic acids is 1. The van der Waals surface area contributed by atoms with Crippen molar-refractivity contribution in [3.8, 4) is 0 Å². The number of nitrogens with zero attached hydrogens (tertiary/aromatic N) is 4. The maximum Gasteiger partial charge on any atom is 0.338 e. The number of primary amides is 1. The zero-order chi connectivity index (χ0) is 25.9. The fraction of sp³-hybridized carbons (Fsp3) is 0.333. The number of aromatic carboxylic acids is 1. The highest BCUT2D eigenvalue weighted by Gasteiger charge is 2.42. The van der Waals surface area contributed by atoms with Crippen LogP contribution in [0.2, 0.25) is 0 Å². The zero-order valence-corrected chi connectivity index (χ0v) is 20.7. The van der Waals surface area contributed by atoms with E-state index in [1.165, 1.54) is 12.3 Å². The maximum atomic E-state index is 12.9. The zero-order valence-electron chi connectivity index (χ0n) is 20.7. The van der Waals surface area contributed by atoms with Crippen LogP contribution < -0.4 is 26.2 Å². The predicted octanol–water partition coefficient (Wildman–Crippen LogP) is 2.91. The molecule has 3 unspecified atom stereocenters. The first-order valence-corrected chi connectivity index (χ1v) is 12.5. The lowest BCUT2D eigenvalue weighted by atomic mass is 10.0. The van der Waals surface area contributed by atoms with Gasteiger partial charge < -0.3 is 31.3 Å². The van der Waals surface area contributed by atoms with Gasteiger partial charge in [0.05, 0.1) is 11.3 Å². The quantitative estimate of drug-likeness (QED) is 0.349. The number of pyridine rings is 2. The number of hydrogen-bond donors (Lipinski definition) is 4. The number of anilines is 3. The molecule has 2 aliphatic rings. The summed E-state index contributed by atoms with van der Waals surface area (Å²) in [7, 11) is 0. The Balaban J connectivity index is 1.57. The van der Waals surface area contributed by atoms with E-state index in [0.29, 0.717) is 23.1 Å². The van der Waals surface area contributed by atoms with Crippen molar-refractivity contribution < 1.29 is 14.7 Å². The standard InChI is InChI=1S/C27H31N7O3/c1-2-14-33(20-9-12-30-16-20)19-7-5-17(6-8-19)26-32-25-23(21(27(36)37)10-13-31-25)34(26)22(24(28)35)18-4-3-11-29-15-18/h3-8,10-11,13,15,20,22,26,30H,2,9,12,14,16H2,1H3,(H2,28,35)(H,31,32)(H,36,37). The van der Waals surface area contributed by atoms with E-state index in [4.69, 9.17) is 5.73 Å². The minimum absolute atomic E-state index is 0.0367. The second-order valence-electron chi connectivity index (χ2n) is 9.34. The molecule has 1 fully saturated rings. The van der Waals surface area contributed by atoms with E-state index in [1.807, 2.05) is 12.1 Å². The van der Waals surface area contributed by atoms with Gasteiger partial charge in [0, 0.05) is 49.0 Å². The molecule has 37 heavy (non-hydrogen) atoms. The van der Waals surface area contributed by atoms with Gasteiger partial charge in [-0.3, -0.25) is 9.78 Å². The van der Waals surface area contributed by atoms with Gasteiger partial charge in [-0.15, -0.1) is 0 Å². The lowest BCUT2D eigenvalue weighted by molar-refractivity contribution is -0.119. The van der Waals surface area contributed by atoms with Crippen LogP contribution >= 0.6 is 0 Å². The van der Waals surface area contributed by atoms with Gasteiger partial charge in [0.25, 0.3) is 0 Å². The van der Waals surface area contributed by atoms with Crippen LogP contribution in [0.5, 0.6) is 0 Å². The number of carboxylic acid groups (broad SMARTS) is 1. The molecule has 192 valence electrons. The number of hydrogen-bond acceptors (Lipinski definition) is 8. The van der Waals surface area contributed by atoms with Crippen molar-refractivity contribution in [1.82, 2.24) is 15.3 Å². The molecule has 3 aromatic rings. The predicted molar refractivity (Wildman–Crippen MR) is 142 cm³/mol. The Hall–Kier alpha value is -4.18. The van der Waals surface area contributed by atoms with Crippen LogP contribution in [-0.2, 0) is 4.79 Å². The molecule has 3 atom stereocenters. The number of nitrogens with one attached hydrogen (secondary N) is 2. The van der Waals surface area contributed by atoms with Crippen molar-refractivity contribution in [3.05, 3.63) is 77.7 Å². The summed E-state index contributed by atoms with van der Waals surface area (Å²) in [5, 5.41) is 16.7. The van der Waals surface area contributed by atoms with Gasteiger partial charge in [0.1, 0.15) is 12.2 Å². The van der Waals surface area contributed by atoms with Gasteiger partial charge >= 0.3 is 5.97 Å². The van der Waals surface area contributed by atoms with E-state index in [1.54, 1.807) is 29.4 Å². The van der Waals surface area contributed by atoms with Crippen LogP contribution in [0.25, 0.3) is 0 Å². The van der Waals surface area contributed by atoms with Crippen molar-refractivity contribution in [3.63, 3.8) is 0 Å². The molecule has 5 N–H and O–H groups in total. The average molecular weight is 502 g/mol. The smallest absolute Gasteiger partial charge is 0.338 e. The number of rotatable bonds is 9. The van der Waals surface area contributed by atoms with Gasteiger partial charge in [-0.2, -0.15) is 0 Å². The molecule has 0 bridgehead atoms. The minimum atomic E-state index is -1.11. The summed E-state index contributed by atoms with van der Waals surface area (Å²) in [5.41, 5.74) is 8.83. The van der Waals surface area contributed by atoms with E-state index < -0.39 is 24.1 Å². The van der Waals surface area contributed by atoms with Crippen LogP contribution in [0.15, 0.2) is 61.1 Å². The number of amides is 1. The van der Waals surface area contributed by atoms with Gasteiger partial charge in [-0.1, -0.05) is 25.1 Å². The molecular weight excluding hydrogens is 470 g/mol. The molecule has 1 amide bonds. The summed E-state index contributed by atoms with van der Waals surface area (Å²) in [5.74, 6) is -1.35. The van der Waals surface area contributed by atoms with Crippen molar-refractivity contribution >= 4 is 29.1 Å². The summed E-state index contributed by atoms with van der Waals surface area (Å²) < 4.78 is 0. The van der Waals surface area contributed by atoms with Gasteiger partial charge in [-0.25, -0.2) is 9.78 Å². The number of nitrogens with two attached hydrogens (primary N) is 1. The highest BCUT2D eigenvalue weighted by molar-refractivity contribution is 6.01. The van der Waals surface area contributed by atoms with Gasteiger partial charge in [0.15, 0.2) is 5.82 Å². The Morgan fingerprint density at radius 1 is 1.22 bits per heavy atom. The number of aromatic nitrogens is 2. The van der Waals surface area contributed by atoms with Crippen LogP contribution in [0, 0.1) is 0 Å². The Kier molecular flexibility index (Phi) is 6.91. The normalized spacial score (nSPS) is 19.2. The summed E-state index contributed by atoms with van der Waals surface area (Å²) in [6, 6.07) is 12.6. The lowest BCUT2D eigenvalue weighted by Crippen LogP contribution is -2.40. The molecule has 10 nitrogen and oxygen atoms in total. The third-order valence-electron chi connectivity index (χ3n) is 6.99.